The lowest BCUT2D eigenvalue weighted by Gasteiger charge is -2.03. The van der Waals surface area contributed by atoms with E-state index in [1.54, 1.807) is 0 Å². The molecular weight excluding hydrogens is 218 g/mol. The molecule has 0 spiro atoms. The van der Waals surface area contributed by atoms with E-state index in [1.165, 1.54) is 7.11 Å². The number of methoxy groups -OCH3 is 1. The molecule has 0 aromatic carbocycles. The molecule has 88 valence electrons. The minimum Gasteiger partial charge on any atom is -0.469 e. The van der Waals surface area contributed by atoms with Gasteiger partial charge >= 0.3 is 5.97 Å². The maximum Gasteiger partial charge on any atom is 0.305 e. The number of hydrogen-bond acceptors (Lipinski definition) is 3. The second kappa shape index (κ2) is 9.77. The minimum atomic E-state index is -0.205. The van der Waals surface area contributed by atoms with E-state index in [-0.39, 0.29) is 11.9 Å². The summed E-state index contributed by atoms with van der Waals surface area (Å²) in [5, 5.41) is 2.76. The van der Waals surface area contributed by atoms with E-state index in [4.69, 9.17) is 11.6 Å². The number of halogens is 1. The van der Waals surface area contributed by atoms with Crippen molar-refractivity contribution in [3.8, 4) is 0 Å². The fourth-order valence-corrected chi connectivity index (χ4v) is 1.17. The number of carbonyl (C=O) groups is 2. The normalized spacial score (nSPS) is 9.73. The van der Waals surface area contributed by atoms with Crippen LogP contribution in [-0.4, -0.2) is 31.4 Å². The molecule has 15 heavy (non-hydrogen) atoms. The van der Waals surface area contributed by atoms with Crippen LogP contribution in [0.1, 0.15) is 32.1 Å². The fraction of sp³-hybridized carbons (Fsp3) is 0.800. The molecule has 0 saturated carbocycles. The first kappa shape index (κ1) is 14.2. The predicted molar refractivity (Wildman–Crippen MR) is 58.8 cm³/mol. The van der Waals surface area contributed by atoms with Crippen molar-refractivity contribution in [2.45, 2.75) is 32.1 Å². The SMILES string of the molecule is COC(=O)CCCCNC(=O)CCCCl. The zero-order valence-electron chi connectivity index (χ0n) is 9.05. The quantitative estimate of drug-likeness (QED) is 0.394. The molecule has 0 aliphatic heterocycles. The van der Waals surface area contributed by atoms with Gasteiger partial charge in [-0.2, -0.15) is 0 Å². The molecule has 1 N–H and O–H groups in total. The Bertz CT molecular complexity index is 197. The first-order valence-electron chi connectivity index (χ1n) is 5.10. The molecule has 0 radical (unpaired) electrons. The summed E-state index contributed by atoms with van der Waals surface area (Å²) >= 11 is 5.45. The number of carbonyl (C=O) groups excluding carboxylic acids is 2. The van der Waals surface area contributed by atoms with Gasteiger partial charge in [-0.1, -0.05) is 0 Å². The highest BCUT2D eigenvalue weighted by atomic mass is 35.5. The third-order valence-corrected chi connectivity index (χ3v) is 2.16. The largest absolute Gasteiger partial charge is 0.469 e. The summed E-state index contributed by atoms with van der Waals surface area (Å²) in [5.74, 6) is 0.327. The van der Waals surface area contributed by atoms with Crippen molar-refractivity contribution >= 4 is 23.5 Å². The predicted octanol–water partition coefficient (Wildman–Crippen LogP) is 1.46. The van der Waals surface area contributed by atoms with E-state index in [1.807, 2.05) is 0 Å². The number of hydrogen-bond donors (Lipinski definition) is 1. The number of rotatable bonds is 8. The maximum atomic E-state index is 11.1. The summed E-state index contributed by atoms with van der Waals surface area (Å²) in [6.07, 6.45) is 3.12. The Morgan fingerprint density at radius 1 is 1.20 bits per heavy atom. The Morgan fingerprint density at radius 2 is 1.93 bits per heavy atom. The molecule has 0 aliphatic carbocycles. The lowest BCUT2D eigenvalue weighted by atomic mass is 10.2. The van der Waals surface area contributed by atoms with Crippen LogP contribution in [0, 0.1) is 0 Å². The molecule has 0 atom stereocenters. The third-order valence-electron chi connectivity index (χ3n) is 1.89. The minimum absolute atomic E-state index is 0.0220. The van der Waals surface area contributed by atoms with Crippen molar-refractivity contribution in [2.75, 3.05) is 19.5 Å². The lowest BCUT2D eigenvalue weighted by molar-refractivity contribution is -0.140. The van der Waals surface area contributed by atoms with Gasteiger partial charge in [0.05, 0.1) is 7.11 Å². The van der Waals surface area contributed by atoms with Gasteiger partial charge in [-0.3, -0.25) is 9.59 Å². The highest BCUT2D eigenvalue weighted by Gasteiger charge is 2.01. The van der Waals surface area contributed by atoms with Crippen LogP contribution in [0.5, 0.6) is 0 Å². The van der Waals surface area contributed by atoms with E-state index in [2.05, 4.69) is 10.1 Å². The number of ether oxygens (including phenoxy) is 1. The second-order valence-electron chi connectivity index (χ2n) is 3.18. The average Bonchev–Trinajstić information content (AvgIpc) is 2.25. The van der Waals surface area contributed by atoms with Crippen LogP contribution in [0.4, 0.5) is 0 Å². The number of esters is 1. The molecule has 0 saturated heterocycles. The van der Waals surface area contributed by atoms with Crippen LogP contribution in [0.2, 0.25) is 0 Å². The van der Waals surface area contributed by atoms with E-state index in [9.17, 15) is 9.59 Å². The van der Waals surface area contributed by atoms with Gasteiger partial charge in [0.2, 0.25) is 5.91 Å². The first-order valence-corrected chi connectivity index (χ1v) is 5.63. The van der Waals surface area contributed by atoms with Crippen molar-refractivity contribution in [1.82, 2.24) is 5.32 Å². The third kappa shape index (κ3) is 9.53. The summed E-state index contributed by atoms with van der Waals surface area (Å²) < 4.78 is 4.49. The lowest BCUT2D eigenvalue weighted by Crippen LogP contribution is -2.24. The van der Waals surface area contributed by atoms with Crippen molar-refractivity contribution in [2.24, 2.45) is 0 Å². The molecule has 5 heteroatoms. The molecule has 4 nitrogen and oxygen atoms in total. The van der Waals surface area contributed by atoms with Gasteiger partial charge in [0, 0.05) is 25.3 Å². The molecular formula is C10H18ClNO3. The average molecular weight is 236 g/mol. The topological polar surface area (TPSA) is 55.4 Å². The molecule has 0 rings (SSSR count). The van der Waals surface area contributed by atoms with Gasteiger partial charge in [0.15, 0.2) is 0 Å². The number of alkyl halides is 1. The Morgan fingerprint density at radius 3 is 2.53 bits per heavy atom. The number of amides is 1. The molecule has 0 aromatic heterocycles. The molecule has 0 unspecified atom stereocenters. The molecule has 0 heterocycles. The summed E-state index contributed by atoms with van der Waals surface area (Å²) in [4.78, 5) is 21.8. The number of nitrogens with one attached hydrogen (secondary N) is 1. The van der Waals surface area contributed by atoms with Crippen molar-refractivity contribution in [3.63, 3.8) is 0 Å². The van der Waals surface area contributed by atoms with Crippen molar-refractivity contribution in [3.05, 3.63) is 0 Å². The van der Waals surface area contributed by atoms with E-state index in [0.717, 1.165) is 12.8 Å². The molecule has 0 aliphatic rings. The van der Waals surface area contributed by atoms with Crippen LogP contribution in [0.25, 0.3) is 0 Å². The van der Waals surface area contributed by atoms with Crippen LogP contribution in [0.15, 0.2) is 0 Å². The molecule has 0 bridgehead atoms. The highest BCUT2D eigenvalue weighted by molar-refractivity contribution is 6.17. The summed E-state index contributed by atoms with van der Waals surface area (Å²) in [6, 6.07) is 0. The van der Waals surface area contributed by atoms with Crippen molar-refractivity contribution in [1.29, 1.82) is 0 Å². The van der Waals surface area contributed by atoms with Crippen LogP contribution < -0.4 is 5.32 Å². The molecule has 0 aromatic rings. The summed E-state index contributed by atoms with van der Waals surface area (Å²) in [6.45, 7) is 0.609. The monoisotopic (exact) mass is 235 g/mol. The highest BCUT2D eigenvalue weighted by Crippen LogP contribution is 1.96. The van der Waals surface area contributed by atoms with Gasteiger partial charge in [-0.25, -0.2) is 0 Å². The Balaban J connectivity index is 3.23. The molecule has 1 amide bonds. The van der Waals surface area contributed by atoms with E-state index >= 15 is 0 Å². The van der Waals surface area contributed by atoms with Crippen LogP contribution in [-0.2, 0) is 14.3 Å². The van der Waals surface area contributed by atoms with Crippen LogP contribution in [0.3, 0.4) is 0 Å². The van der Waals surface area contributed by atoms with Gasteiger partial charge < -0.3 is 10.1 Å². The fourth-order valence-electron chi connectivity index (χ4n) is 1.04. The van der Waals surface area contributed by atoms with Crippen molar-refractivity contribution < 1.29 is 14.3 Å². The first-order chi connectivity index (χ1) is 7.20. The van der Waals surface area contributed by atoms with Gasteiger partial charge in [0.1, 0.15) is 0 Å². The van der Waals surface area contributed by atoms with Crippen LogP contribution >= 0.6 is 11.6 Å². The standard InChI is InChI=1S/C10H18ClNO3/c1-15-10(14)6-2-3-8-12-9(13)5-4-7-11/h2-8H2,1H3,(H,12,13). The zero-order chi connectivity index (χ0) is 11.5. The molecule has 0 fully saturated rings. The second-order valence-corrected chi connectivity index (χ2v) is 3.55. The zero-order valence-corrected chi connectivity index (χ0v) is 9.81. The summed E-state index contributed by atoms with van der Waals surface area (Å²) in [5.41, 5.74) is 0. The Hall–Kier alpha value is -0.770. The Kier molecular flexibility index (Phi) is 9.27. The Labute approximate surface area is 95.3 Å². The summed E-state index contributed by atoms with van der Waals surface area (Å²) in [7, 11) is 1.37. The number of unbranched alkanes of at least 4 members (excludes halogenated alkanes) is 1. The van der Waals surface area contributed by atoms with Gasteiger partial charge in [0.25, 0.3) is 0 Å². The van der Waals surface area contributed by atoms with Gasteiger partial charge in [-0.05, 0) is 19.3 Å². The van der Waals surface area contributed by atoms with Gasteiger partial charge in [-0.15, -0.1) is 11.6 Å². The van der Waals surface area contributed by atoms with E-state index < -0.39 is 0 Å². The maximum absolute atomic E-state index is 11.1. The smallest absolute Gasteiger partial charge is 0.305 e. The van der Waals surface area contributed by atoms with E-state index in [0.29, 0.717) is 31.7 Å².